The van der Waals surface area contributed by atoms with E-state index in [0.717, 1.165) is 0 Å². The number of fused-ring (bicyclic) bond motifs is 1. The van der Waals surface area contributed by atoms with Gasteiger partial charge >= 0.3 is 0 Å². The van der Waals surface area contributed by atoms with Crippen LogP contribution in [0, 0.1) is 11.7 Å². The van der Waals surface area contributed by atoms with Gasteiger partial charge in [-0.25, -0.2) is 9.37 Å². The van der Waals surface area contributed by atoms with Gasteiger partial charge in [0.2, 0.25) is 5.88 Å². The third-order valence-electron chi connectivity index (χ3n) is 6.38. The van der Waals surface area contributed by atoms with Gasteiger partial charge in [0.05, 0.1) is 19.2 Å². The number of benzene rings is 1. The molecule has 0 saturated heterocycles. The first-order chi connectivity index (χ1) is 17.3. The van der Waals surface area contributed by atoms with E-state index in [1.165, 1.54) is 12.1 Å². The Hall–Kier alpha value is -3.85. The quantitative estimate of drug-likeness (QED) is 0.568. The monoisotopic (exact) mass is 492 g/mol. The Kier molecular flexibility index (Phi) is 7.59. The van der Waals surface area contributed by atoms with Gasteiger partial charge in [0.15, 0.2) is 0 Å². The minimum Gasteiger partial charge on any atom is -0.472 e. The zero-order valence-corrected chi connectivity index (χ0v) is 20.5. The maximum Gasteiger partial charge on any atom is 0.272 e. The largest absolute Gasteiger partial charge is 0.472 e. The van der Waals surface area contributed by atoms with E-state index in [4.69, 9.17) is 4.74 Å². The molecule has 0 aliphatic carbocycles. The molecule has 1 aliphatic heterocycles. The lowest BCUT2D eigenvalue weighted by Gasteiger charge is -2.37. The van der Waals surface area contributed by atoms with Crippen LogP contribution in [0.2, 0.25) is 0 Å². The number of carbonyl (C=O) groups is 2. The summed E-state index contributed by atoms with van der Waals surface area (Å²) in [5, 5.41) is 9.83. The first-order valence-corrected chi connectivity index (χ1v) is 11.8. The van der Waals surface area contributed by atoms with Crippen LogP contribution in [0.25, 0.3) is 11.1 Å². The van der Waals surface area contributed by atoms with Crippen molar-refractivity contribution in [2.75, 3.05) is 26.7 Å². The van der Waals surface area contributed by atoms with Crippen molar-refractivity contribution in [3.63, 3.8) is 0 Å². The molecule has 0 radical (unpaired) electrons. The molecule has 3 atom stereocenters. The van der Waals surface area contributed by atoms with Crippen LogP contribution in [0.3, 0.4) is 0 Å². The molecule has 2 amide bonds. The van der Waals surface area contributed by atoms with E-state index in [9.17, 15) is 19.1 Å². The molecule has 36 heavy (non-hydrogen) atoms. The topological polar surface area (TPSA) is 95.9 Å². The summed E-state index contributed by atoms with van der Waals surface area (Å²) in [5.74, 6) is -0.942. The first kappa shape index (κ1) is 25.2. The average Bonchev–Trinajstić information content (AvgIpc) is 2.90. The van der Waals surface area contributed by atoms with Crippen LogP contribution in [-0.4, -0.2) is 75.6 Å². The molecule has 1 aromatic carbocycles. The zero-order chi connectivity index (χ0) is 25.8. The van der Waals surface area contributed by atoms with E-state index in [2.05, 4.69) is 9.97 Å². The molecular weight excluding hydrogens is 463 g/mol. The van der Waals surface area contributed by atoms with E-state index in [1.807, 2.05) is 6.92 Å². The lowest BCUT2D eigenvalue weighted by Crippen LogP contribution is -2.50. The van der Waals surface area contributed by atoms with E-state index >= 15 is 0 Å². The number of amides is 2. The van der Waals surface area contributed by atoms with Gasteiger partial charge in [-0.15, -0.1) is 0 Å². The van der Waals surface area contributed by atoms with E-state index in [-0.39, 0.29) is 48.1 Å². The molecule has 0 unspecified atom stereocenters. The maximum atomic E-state index is 13.6. The Labute approximate surface area is 209 Å². The molecule has 0 spiro atoms. The van der Waals surface area contributed by atoms with Gasteiger partial charge in [-0.05, 0) is 42.8 Å². The maximum absolute atomic E-state index is 13.6. The predicted molar refractivity (Wildman–Crippen MR) is 132 cm³/mol. The number of hydrogen-bond acceptors (Lipinski definition) is 6. The van der Waals surface area contributed by atoms with Gasteiger partial charge < -0.3 is 19.6 Å². The van der Waals surface area contributed by atoms with Crippen molar-refractivity contribution >= 4 is 11.8 Å². The number of rotatable bonds is 6. The summed E-state index contributed by atoms with van der Waals surface area (Å²) in [7, 11) is 1.68. The lowest BCUT2D eigenvalue weighted by molar-refractivity contribution is 0.0312. The number of hydrogen-bond donors (Lipinski definition) is 1. The summed E-state index contributed by atoms with van der Waals surface area (Å²) in [6, 6.07) is 12.3. The summed E-state index contributed by atoms with van der Waals surface area (Å²) >= 11 is 0. The smallest absolute Gasteiger partial charge is 0.272 e. The Morgan fingerprint density at radius 1 is 1.22 bits per heavy atom. The molecule has 1 N–H and O–H groups in total. The lowest BCUT2D eigenvalue weighted by atomic mass is 9.99. The molecule has 8 nitrogen and oxygen atoms in total. The van der Waals surface area contributed by atoms with Gasteiger partial charge in [-0.1, -0.05) is 25.1 Å². The highest BCUT2D eigenvalue weighted by Gasteiger charge is 2.35. The van der Waals surface area contributed by atoms with Crippen LogP contribution >= 0.6 is 0 Å². The van der Waals surface area contributed by atoms with Crippen LogP contribution < -0.4 is 4.74 Å². The fourth-order valence-corrected chi connectivity index (χ4v) is 4.16. The Morgan fingerprint density at radius 3 is 2.64 bits per heavy atom. The predicted octanol–water partition coefficient (Wildman–Crippen LogP) is 3.28. The second-order valence-electron chi connectivity index (χ2n) is 9.11. The van der Waals surface area contributed by atoms with Crippen molar-refractivity contribution in [1.29, 1.82) is 0 Å². The van der Waals surface area contributed by atoms with E-state index in [1.54, 1.807) is 72.6 Å². The van der Waals surface area contributed by atoms with Gasteiger partial charge in [-0.2, -0.15) is 0 Å². The Balaban J connectivity index is 1.68. The van der Waals surface area contributed by atoms with Crippen molar-refractivity contribution in [3.05, 3.63) is 78.0 Å². The zero-order valence-electron chi connectivity index (χ0n) is 20.5. The van der Waals surface area contributed by atoms with Gasteiger partial charge in [0, 0.05) is 37.5 Å². The summed E-state index contributed by atoms with van der Waals surface area (Å²) in [6.45, 7) is 4.06. The number of likely N-dealkylation sites (N-methyl/N-ethyl adjacent to an activating group) is 1. The number of aliphatic hydroxyl groups is 1. The van der Waals surface area contributed by atoms with Crippen LogP contribution in [0.4, 0.5) is 4.39 Å². The minimum absolute atomic E-state index is 0.149. The number of aliphatic hydroxyl groups excluding tert-OH is 1. The highest BCUT2D eigenvalue weighted by molar-refractivity contribution is 5.98. The van der Waals surface area contributed by atoms with Crippen LogP contribution in [0.1, 0.15) is 34.7 Å². The standard InChI is InChI=1S/C27H29FN4O4/c1-17-14-32(18(2)16-33)26(34)22-12-20(19-7-9-21(28)10-8-19)13-30-25(22)36-24(17)15-31(3)27(35)23-6-4-5-11-29-23/h4-13,17-18,24,33H,14-16H2,1-3H3/t17-,18-,24+/m1/s1. The van der Waals surface area contributed by atoms with Gasteiger partial charge in [0.1, 0.15) is 23.2 Å². The van der Waals surface area contributed by atoms with Crippen molar-refractivity contribution in [2.45, 2.75) is 26.0 Å². The first-order valence-electron chi connectivity index (χ1n) is 11.8. The van der Waals surface area contributed by atoms with Crippen LogP contribution in [0.15, 0.2) is 60.9 Å². The molecule has 9 heteroatoms. The fourth-order valence-electron chi connectivity index (χ4n) is 4.16. The van der Waals surface area contributed by atoms with Crippen molar-refractivity contribution < 1.29 is 23.8 Å². The minimum atomic E-state index is -0.480. The van der Waals surface area contributed by atoms with E-state index in [0.29, 0.717) is 23.4 Å². The molecule has 0 fully saturated rings. The van der Waals surface area contributed by atoms with Crippen LogP contribution in [0.5, 0.6) is 5.88 Å². The van der Waals surface area contributed by atoms with E-state index < -0.39 is 12.1 Å². The normalized spacial score (nSPS) is 18.5. The number of pyridine rings is 2. The second kappa shape index (κ2) is 10.8. The van der Waals surface area contributed by atoms with Crippen molar-refractivity contribution in [2.24, 2.45) is 5.92 Å². The number of aromatic nitrogens is 2. The molecule has 0 saturated carbocycles. The number of carbonyl (C=O) groups excluding carboxylic acids is 2. The summed E-state index contributed by atoms with van der Waals surface area (Å²) in [6.07, 6.45) is 2.66. The molecule has 0 bridgehead atoms. The Bertz CT molecular complexity index is 1220. The summed E-state index contributed by atoms with van der Waals surface area (Å²) in [4.78, 5) is 38.2. The SMILES string of the molecule is C[C@@H]1CN([C@H](C)CO)C(=O)c2cc(-c3ccc(F)cc3)cnc2O[C@H]1CN(C)C(=O)c1ccccn1. The van der Waals surface area contributed by atoms with Crippen molar-refractivity contribution in [1.82, 2.24) is 19.8 Å². The molecule has 3 heterocycles. The molecule has 3 aromatic rings. The highest BCUT2D eigenvalue weighted by Crippen LogP contribution is 2.30. The fraction of sp³-hybridized carbons (Fsp3) is 0.333. The van der Waals surface area contributed by atoms with Gasteiger partial charge in [0.25, 0.3) is 11.8 Å². The highest BCUT2D eigenvalue weighted by atomic mass is 19.1. The Morgan fingerprint density at radius 2 is 1.97 bits per heavy atom. The molecule has 1 aliphatic rings. The molecule has 4 rings (SSSR count). The molecule has 2 aromatic heterocycles. The third-order valence-corrected chi connectivity index (χ3v) is 6.38. The number of halogens is 1. The summed E-state index contributed by atoms with van der Waals surface area (Å²) in [5.41, 5.74) is 1.91. The van der Waals surface area contributed by atoms with Crippen LogP contribution in [-0.2, 0) is 0 Å². The second-order valence-corrected chi connectivity index (χ2v) is 9.11. The number of ether oxygens (including phenoxy) is 1. The third kappa shape index (κ3) is 5.36. The van der Waals surface area contributed by atoms with Gasteiger partial charge in [-0.3, -0.25) is 14.6 Å². The molecule has 188 valence electrons. The summed E-state index contributed by atoms with van der Waals surface area (Å²) < 4.78 is 19.7. The number of nitrogens with zero attached hydrogens (tertiary/aromatic N) is 4. The molecular formula is C27H29FN4O4. The average molecular weight is 493 g/mol. The van der Waals surface area contributed by atoms with Crippen molar-refractivity contribution in [3.8, 4) is 17.0 Å².